The van der Waals surface area contributed by atoms with E-state index in [0.717, 1.165) is 11.6 Å². The molecule has 1 aliphatic carbocycles. The fourth-order valence-electron chi connectivity index (χ4n) is 3.06. The van der Waals surface area contributed by atoms with Gasteiger partial charge in [-0.2, -0.15) is 0 Å². The van der Waals surface area contributed by atoms with E-state index in [2.05, 4.69) is 17.2 Å². The van der Waals surface area contributed by atoms with Gasteiger partial charge in [-0.05, 0) is 30.9 Å². The van der Waals surface area contributed by atoms with E-state index < -0.39 is 0 Å². The number of fused-ring (bicyclic) bond motifs is 1. The number of aromatic nitrogens is 2. The van der Waals surface area contributed by atoms with Gasteiger partial charge in [-0.3, -0.25) is 9.20 Å². The molecule has 0 aliphatic heterocycles. The Kier molecular flexibility index (Phi) is 3.83. The number of hydrogen-bond acceptors (Lipinski definition) is 3. The normalized spacial score (nSPS) is 23.1. The van der Waals surface area contributed by atoms with E-state index >= 15 is 0 Å². The molecule has 0 radical (unpaired) electrons. The number of pyridine rings is 1. The summed E-state index contributed by atoms with van der Waals surface area (Å²) in [7, 11) is 0. The summed E-state index contributed by atoms with van der Waals surface area (Å²) in [4.78, 5) is 16.5. The molecule has 1 saturated carbocycles. The molecule has 20 heavy (non-hydrogen) atoms. The molecule has 0 amide bonds. The van der Waals surface area contributed by atoms with Crippen LogP contribution in [0.1, 0.15) is 38.3 Å². The van der Waals surface area contributed by atoms with Crippen molar-refractivity contribution in [2.45, 2.75) is 45.2 Å². The average molecular weight is 271 g/mol. The standard InChI is InChI=1S/C16H21N3O/c1-12-5-4-6-13(9-12)17-11-14-10-16(20)19-8-3-2-7-15(19)18-14/h2-3,7-8,10,12-13,17H,4-6,9,11H2,1H3. The van der Waals surface area contributed by atoms with Crippen LogP contribution >= 0.6 is 0 Å². The van der Waals surface area contributed by atoms with Crippen LogP contribution in [0.4, 0.5) is 0 Å². The summed E-state index contributed by atoms with van der Waals surface area (Å²) >= 11 is 0. The van der Waals surface area contributed by atoms with E-state index in [9.17, 15) is 4.79 Å². The van der Waals surface area contributed by atoms with Crippen molar-refractivity contribution < 1.29 is 0 Å². The molecule has 2 aromatic heterocycles. The van der Waals surface area contributed by atoms with Crippen LogP contribution in [0.15, 0.2) is 35.3 Å². The van der Waals surface area contributed by atoms with E-state index in [0.29, 0.717) is 18.2 Å². The highest BCUT2D eigenvalue weighted by atomic mass is 16.1. The summed E-state index contributed by atoms with van der Waals surface area (Å²) in [5, 5.41) is 3.55. The smallest absolute Gasteiger partial charge is 0.258 e. The fraction of sp³-hybridized carbons (Fsp3) is 0.500. The maximum absolute atomic E-state index is 12.0. The van der Waals surface area contributed by atoms with Crippen LogP contribution in [0.5, 0.6) is 0 Å². The first-order valence-corrected chi connectivity index (χ1v) is 7.43. The average Bonchev–Trinajstić information content (AvgIpc) is 2.45. The third-order valence-corrected chi connectivity index (χ3v) is 4.13. The molecule has 106 valence electrons. The summed E-state index contributed by atoms with van der Waals surface area (Å²) in [6.07, 6.45) is 6.86. The maximum Gasteiger partial charge on any atom is 0.258 e. The zero-order valence-corrected chi connectivity index (χ0v) is 11.9. The van der Waals surface area contributed by atoms with Gasteiger partial charge in [0.25, 0.3) is 5.56 Å². The third-order valence-electron chi connectivity index (χ3n) is 4.13. The molecule has 4 nitrogen and oxygen atoms in total. The highest BCUT2D eigenvalue weighted by molar-refractivity contribution is 5.37. The summed E-state index contributed by atoms with van der Waals surface area (Å²) in [6.45, 7) is 2.99. The fourth-order valence-corrected chi connectivity index (χ4v) is 3.06. The quantitative estimate of drug-likeness (QED) is 0.932. The second-order valence-corrected chi connectivity index (χ2v) is 5.86. The van der Waals surface area contributed by atoms with Crippen molar-refractivity contribution >= 4 is 5.65 Å². The topological polar surface area (TPSA) is 46.4 Å². The molecular formula is C16H21N3O. The van der Waals surface area contributed by atoms with E-state index in [4.69, 9.17) is 0 Å². The Morgan fingerprint density at radius 2 is 2.30 bits per heavy atom. The number of hydrogen-bond donors (Lipinski definition) is 1. The molecule has 0 bridgehead atoms. The predicted octanol–water partition coefficient (Wildman–Crippen LogP) is 2.36. The minimum atomic E-state index is -0.00980. The lowest BCUT2D eigenvalue weighted by molar-refractivity contribution is 0.300. The Labute approximate surface area is 118 Å². The van der Waals surface area contributed by atoms with Crippen LogP contribution in [0.2, 0.25) is 0 Å². The maximum atomic E-state index is 12.0. The van der Waals surface area contributed by atoms with Crippen molar-refractivity contribution in [1.82, 2.24) is 14.7 Å². The minimum absolute atomic E-state index is 0.00980. The Balaban J connectivity index is 1.73. The Bertz CT molecular complexity index is 649. The lowest BCUT2D eigenvalue weighted by Gasteiger charge is -2.27. The van der Waals surface area contributed by atoms with Crippen LogP contribution < -0.4 is 10.9 Å². The summed E-state index contributed by atoms with van der Waals surface area (Å²) in [5.41, 5.74) is 1.54. The second-order valence-electron chi connectivity index (χ2n) is 5.86. The van der Waals surface area contributed by atoms with Gasteiger partial charge in [0.2, 0.25) is 0 Å². The van der Waals surface area contributed by atoms with Gasteiger partial charge in [0.1, 0.15) is 5.65 Å². The summed E-state index contributed by atoms with van der Waals surface area (Å²) in [5.74, 6) is 0.802. The van der Waals surface area contributed by atoms with Crippen LogP contribution in [0.3, 0.4) is 0 Å². The molecule has 3 rings (SSSR count). The van der Waals surface area contributed by atoms with E-state index in [-0.39, 0.29) is 5.56 Å². The molecule has 1 N–H and O–H groups in total. The van der Waals surface area contributed by atoms with Gasteiger partial charge in [-0.1, -0.05) is 25.8 Å². The molecule has 4 heteroatoms. The number of nitrogens with one attached hydrogen (secondary N) is 1. The minimum Gasteiger partial charge on any atom is -0.308 e. The zero-order valence-electron chi connectivity index (χ0n) is 11.9. The lowest BCUT2D eigenvalue weighted by Crippen LogP contribution is -2.33. The Morgan fingerprint density at radius 3 is 3.15 bits per heavy atom. The first-order valence-electron chi connectivity index (χ1n) is 7.43. The monoisotopic (exact) mass is 271 g/mol. The van der Waals surface area contributed by atoms with Crippen molar-refractivity contribution in [3.63, 3.8) is 0 Å². The lowest BCUT2D eigenvalue weighted by atomic mass is 9.87. The molecule has 0 aromatic carbocycles. The van der Waals surface area contributed by atoms with E-state index in [1.165, 1.54) is 25.7 Å². The molecule has 0 spiro atoms. The van der Waals surface area contributed by atoms with E-state index in [1.807, 2.05) is 18.2 Å². The highest BCUT2D eigenvalue weighted by Crippen LogP contribution is 2.23. The van der Waals surface area contributed by atoms with Crippen LogP contribution in [-0.2, 0) is 6.54 Å². The van der Waals surface area contributed by atoms with Gasteiger partial charge >= 0.3 is 0 Å². The van der Waals surface area contributed by atoms with Gasteiger partial charge in [0.15, 0.2) is 0 Å². The summed E-state index contributed by atoms with van der Waals surface area (Å²) in [6, 6.07) is 7.81. The van der Waals surface area contributed by atoms with Crippen molar-refractivity contribution in [2.75, 3.05) is 0 Å². The first kappa shape index (κ1) is 13.3. The zero-order chi connectivity index (χ0) is 13.9. The van der Waals surface area contributed by atoms with Gasteiger partial charge in [0, 0.05) is 24.8 Å². The van der Waals surface area contributed by atoms with Gasteiger partial charge in [-0.25, -0.2) is 4.98 Å². The Morgan fingerprint density at radius 1 is 1.40 bits per heavy atom. The van der Waals surface area contributed by atoms with Gasteiger partial charge in [0.05, 0.1) is 5.69 Å². The van der Waals surface area contributed by atoms with Gasteiger partial charge < -0.3 is 5.32 Å². The van der Waals surface area contributed by atoms with E-state index in [1.54, 1.807) is 16.7 Å². The molecule has 0 saturated heterocycles. The van der Waals surface area contributed by atoms with Gasteiger partial charge in [-0.15, -0.1) is 0 Å². The Hall–Kier alpha value is -1.68. The third kappa shape index (κ3) is 2.90. The molecule has 1 aliphatic rings. The van der Waals surface area contributed by atoms with Crippen LogP contribution in [-0.4, -0.2) is 15.4 Å². The predicted molar refractivity (Wildman–Crippen MR) is 79.7 cm³/mol. The van der Waals surface area contributed by atoms with Crippen molar-refractivity contribution in [2.24, 2.45) is 5.92 Å². The number of nitrogens with zero attached hydrogens (tertiary/aromatic N) is 2. The largest absolute Gasteiger partial charge is 0.308 e. The highest BCUT2D eigenvalue weighted by Gasteiger charge is 2.18. The molecule has 2 heterocycles. The van der Waals surface area contributed by atoms with Crippen molar-refractivity contribution in [3.05, 3.63) is 46.5 Å². The van der Waals surface area contributed by atoms with Crippen molar-refractivity contribution in [1.29, 1.82) is 0 Å². The van der Waals surface area contributed by atoms with Crippen LogP contribution in [0.25, 0.3) is 5.65 Å². The molecular weight excluding hydrogens is 250 g/mol. The number of rotatable bonds is 3. The second kappa shape index (κ2) is 5.75. The molecule has 2 unspecified atom stereocenters. The first-order chi connectivity index (χ1) is 9.72. The molecule has 2 aromatic rings. The molecule has 2 atom stereocenters. The van der Waals surface area contributed by atoms with Crippen molar-refractivity contribution in [3.8, 4) is 0 Å². The summed E-state index contributed by atoms with van der Waals surface area (Å²) < 4.78 is 1.58. The SMILES string of the molecule is CC1CCCC(NCc2cc(=O)n3ccccc3n2)C1. The molecule has 1 fully saturated rings. The van der Waals surface area contributed by atoms with Crippen LogP contribution in [0, 0.1) is 5.92 Å².